The average molecular weight is 501 g/mol. The molecule has 1 fully saturated rings. The van der Waals surface area contributed by atoms with E-state index in [2.05, 4.69) is 47.5 Å². The molecule has 2 aromatic rings. The van der Waals surface area contributed by atoms with Gasteiger partial charge in [-0.3, -0.25) is 0 Å². The molecule has 3 rings (SSSR count). The van der Waals surface area contributed by atoms with Gasteiger partial charge in [0.15, 0.2) is 0 Å². The first kappa shape index (κ1) is 20.3. The quantitative estimate of drug-likeness (QED) is 0.449. The minimum atomic E-state index is -3.51. The van der Waals surface area contributed by atoms with E-state index in [1.165, 1.54) is 19.3 Å². The molecule has 27 heavy (non-hydrogen) atoms. The van der Waals surface area contributed by atoms with E-state index in [0.29, 0.717) is 12.5 Å². The number of piperidine rings is 1. The van der Waals surface area contributed by atoms with Crippen molar-refractivity contribution in [1.29, 1.82) is 0 Å². The number of anilines is 2. The van der Waals surface area contributed by atoms with E-state index in [1.54, 1.807) is 24.3 Å². The molecule has 146 valence electrons. The second kappa shape index (κ2) is 9.16. The summed E-state index contributed by atoms with van der Waals surface area (Å²) in [5.74, 6) is 1.47. The van der Waals surface area contributed by atoms with Gasteiger partial charge in [-0.05, 0) is 73.0 Å². The Balaban J connectivity index is 1.55. The highest BCUT2D eigenvalue weighted by molar-refractivity contribution is 14.1. The zero-order valence-electron chi connectivity index (χ0n) is 15.3. The summed E-state index contributed by atoms with van der Waals surface area (Å²) >= 11 is 2.14. The smallest absolute Gasteiger partial charge is 0.240 e. The van der Waals surface area contributed by atoms with Crippen LogP contribution in [0.5, 0.6) is 0 Å². The zero-order valence-corrected chi connectivity index (χ0v) is 18.3. The number of benzene rings is 1. The van der Waals surface area contributed by atoms with Crippen LogP contribution in [0.4, 0.5) is 11.8 Å². The van der Waals surface area contributed by atoms with Gasteiger partial charge in [0.05, 0.1) is 4.90 Å². The van der Waals surface area contributed by atoms with Crippen molar-refractivity contribution in [3.05, 3.63) is 39.6 Å². The van der Waals surface area contributed by atoms with Crippen molar-refractivity contribution in [2.75, 3.05) is 36.4 Å². The van der Waals surface area contributed by atoms with Gasteiger partial charge in [-0.25, -0.2) is 18.1 Å². The monoisotopic (exact) mass is 501 g/mol. The Kier molecular flexibility index (Phi) is 6.88. The van der Waals surface area contributed by atoms with Crippen LogP contribution in [0.25, 0.3) is 0 Å². The Morgan fingerprint density at radius 1 is 1.07 bits per heavy atom. The molecule has 9 heteroatoms. The highest BCUT2D eigenvalue weighted by Crippen LogP contribution is 2.19. The van der Waals surface area contributed by atoms with E-state index < -0.39 is 10.0 Å². The lowest BCUT2D eigenvalue weighted by Crippen LogP contribution is -2.31. The van der Waals surface area contributed by atoms with Gasteiger partial charge in [-0.2, -0.15) is 4.98 Å². The minimum absolute atomic E-state index is 0.255. The average Bonchev–Trinajstić information content (AvgIpc) is 2.66. The summed E-state index contributed by atoms with van der Waals surface area (Å²) in [5.41, 5.74) is 0.896. The third-order valence-electron chi connectivity index (χ3n) is 4.34. The third kappa shape index (κ3) is 5.76. The fourth-order valence-corrected chi connectivity index (χ4v) is 4.36. The maximum Gasteiger partial charge on any atom is 0.240 e. The molecule has 0 radical (unpaired) electrons. The van der Waals surface area contributed by atoms with Crippen LogP contribution in [0.1, 0.15) is 25.0 Å². The fourth-order valence-electron chi connectivity index (χ4n) is 2.97. The molecule has 2 N–H and O–H groups in total. The predicted molar refractivity (Wildman–Crippen MR) is 116 cm³/mol. The summed E-state index contributed by atoms with van der Waals surface area (Å²) in [4.78, 5) is 11.5. The van der Waals surface area contributed by atoms with E-state index >= 15 is 0 Å². The number of hydrogen-bond acceptors (Lipinski definition) is 6. The van der Waals surface area contributed by atoms with Crippen LogP contribution < -0.4 is 14.9 Å². The summed E-state index contributed by atoms with van der Waals surface area (Å²) in [6.07, 6.45) is 3.64. The maximum atomic E-state index is 12.3. The van der Waals surface area contributed by atoms with Crippen LogP contribution in [-0.2, 0) is 10.0 Å². The van der Waals surface area contributed by atoms with Crippen molar-refractivity contribution in [1.82, 2.24) is 14.7 Å². The molecule has 0 bridgehead atoms. The Hall–Kier alpha value is -1.46. The number of sulfonamides is 1. The summed E-state index contributed by atoms with van der Waals surface area (Å²) in [5, 5.41) is 3.12. The van der Waals surface area contributed by atoms with Crippen molar-refractivity contribution in [3.8, 4) is 0 Å². The Morgan fingerprint density at radius 2 is 1.78 bits per heavy atom. The van der Waals surface area contributed by atoms with E-state index in [-0.39, 0.29) is 11.4 Å². The molecular formula is C18H24IN5O2S. The first-order chi connectivity index (χ1) is 12.9. The topological polar surface area (TPSA) is 87.2 Å². The normalized spacial score (nSPS) is 15.0. The van der Waals surface area contributed by atoms with Gasteiger partial charge < -0.3 is 10.2 Å². The van der Waals surface area contributed by atoms with Crippen LogP contribution in [0.3, 0.4) is 0 Å². The molecule has 0 amide bonds. The summed E-state index contributed by atoms with van der Waals surface area (Å²) in [7, 11) is -3.51. The van der Waals surface area contributed by atoms with Gasteiger partial charge in [-0.1, -0.05) is 0 Å². The van der Waals surface area contributed by atoms with Gasteiger partial charge in [0, 0.05) is 41.5 Å². The van der Waals surface area contributed by atoms with Crippen molar-refractivity contribution in [2.45, 2.75) is 31.1 Å². The molecule has 1 aliphatic rings. The largest absolute Gasteiger partial charge is 0.356 e. The van der Waals surface area contributed by atoms with Crippen LogP contribution in [-0.4, -0.2) is 44.6 Å². The molecule has 1 aromatic carbocycles. The number of hydrogen-bond donors (Lipinski definition) is 2. The van der Waals surface area contributed by atoms with Crippen molar-refractivity contribution >= 4 is 44.4 Å². The molecular weight excluding hydrogens is 477 g/mol. The second-order valence-electron chi connectivity index (χ2n) is 6.52. The molecule has 1 aromatic heterocycles. The van der Waals surface area contributed by atoms with E-state index in [9.17, 15) is 8.42 Å². The molecule has 1 aliphatic heterocycles. The lowest BCUT2D eigenvalue weighted by Gasteiger charge is -2.28. The number of nitrogens with one attached hydrogen (secondary N) is 2. The van der Waals surface area contributed by atoms with E-state index in [4.69, 9.17) is 0 Å². The van der Waals surface area contributed by atoms with Crippen LogP contribution >= 0.6 is 22.6 Å². The number of aromatic nitrogens is 2. The van der Waals surface area contributed by atoms with Crippen LogP contribution in [0.2, 0.25) is 0 Å². The fraction of sp³-hybridized carbons (Fsp3) is 0.444. The third-order valence-corrected chi connectivity index (χ3v) is 6.54. The second-order valence-corrected chi connectivity index (χ2v) is 9.53. The molecule has 0 saturated carbocycles. The summed E-state index contributed by atoms with van der Waals surface area (Å²) in [6.45, 7) is 4.65. The summed E-state index contributed by atoms with van der Waals surface area (Å²) < 4.78 is 28.2. The van der Waals surface area contributed by atoms with Gasteiger partial charge in [-0.15, -0.1) is 0 Å². The highest BCUT2D eigenvalue weighted by atomic mass is 127. The van der Waals surface area contributed by atoms with Crippen molar-refractivity contribution < 1.29 is 8.42 Å². The van der Waals surface area contributed by atoms with Gasteiger partial charge >= 0.3 is 0 Å². The lowest BCUT2D eigenvalue weighted by molar-refractivity contribution is 0.573. The standard InChI is InChI=1S/C18H24IN5O2S/c1-14-13-17(24-11-3-2-4-12-24)23-18(22-14)20-9-10-21-27(25,26)16-7-5-15(19)6-8-16/h5-8,13,21H,2-4,9-12H2,1H3,(H,20,22,23). The molecule has 7 nitrogen and oxygen atoms in total. The van der Waals surface area contributed by atoms with Gasteiger partial charge in [0.25, 0.3) is 0 Å². The van der Waals surface area contributed by atoms with Crippen LogP contribution in [0.15, 0.2) is 35.2 Å². The SMILES string of the molecule is Cc1cc(N2CCCCC2)nc(NCCNS(=O)(=O)c2ccc(I)cc2)n1. The Labute approximate surface area is 174 Å². The van der Waals surface area contributed by atoms with Gasteiger partial charge in [0.2, 0.25) is 16.0 Å². The Morgan fingerprint density at radius 3 is 2.48 bits per heavy atom. The molecule has 1 saturated heterocycles. The van der Waals surface area contributed by atoms with Crippen LogP contribution in [0, 0.1) is 10.5 Å². The van der Waals surface area contributed by atoms with E-state index in [0.717, 1.165) is 28.2 Å². The Bertz CT molecular complexity index is 868. The van der Waals surface area contributed by atoms with Gasteiger partial charge in [0.1, 0.15) is 5.82 Å². The molecule has 0 atom stereocenters. The number of aryl methyl sites for hydroxylation is 1. The molecule has 2 heterocycles. The van der Waals surface area contributed by atoms with Crippen molar-refractivity contribution in [2.24, 2.45) is 0 Å². The lowest BCUT2D eigenvalue weighted by atomic mass is 10.1. The first-order valence-electron chi connectivity index (χ1n) is 9.04. The van der Waals surface area contributed by atoms with Crippen molar-refractivity contribution in [3.63, 3.8) is 0 Å². The zero-order chi connectivity index (χ0) is 19.3. The molecule has 0 unspecified atom stereocenters. The first-order valence-corrected chi connectivity index (χ1v) is 11.6. The van der Waals surface area contributed by atoms with E-state index in [1.807, 2.05) is 13.0 Å². The molecule has 0 spiro atoms. The minimum Gasteiger partial charge on any atom is -0.356 e. The molecule has 0 aliphatic carbocycles. The predicted octanol–water partition coefficient (Wildman–Crippen LogP) is 2.77. The number of rotatable bonds is 7. The number of nitrogens with zero attached hydrogens (tertiary/aromatic N) is 3. The maximum absolute atomic E-state index is 12.3. The number of halogens is 1. The highest BCUT2D eigenvalue weighted by Gasteiger charge is 2.15. The summed E-state index contributed by atoms with van der Waals surface area (Å²) in [6, 6.07) is 8.75.